The Bertz CT molecular complexity index is 1010. The van der Waals surface area contributed by atoms with Crippen LogP contribution in [0.1, 0.15) is 28.2 Å². The minimum atomic E-state index is -2.88. The summed E-state index contributed by atoms with van der Waals surface area (Å²) in [7, 11) is 0. The second-order valence-corrected chi connectivity index (χ2v) is 36.6. The molecule has 0 bridgehead atoms. The van der Waals surface area contributed by atoms with Crippen molar-refractivity contribution in [3.63, 3.8) is 0 Å². The van der Waals surface area contributed by atoms with Crippen molar-refractivity contribution >= 4 is 52.5 Å². The Labute approximate surface area is 205 Å². The zero-order chi connectivity index (χ0) is 21.7. The van der Waals surface area contributed by atoms with Crippen LogP contribution in [0.3, 0.4) is 0 Å². The van der Waals surface area contributed by atoms with Crippen LogP contribution in [0.15, 0.2) is 121 Å². The molecule has 31 heavy (non-hydrogen) atoms. The summed E-state index contributed by atoms with van der Waals surface area (Å²) in [6.07, 6.45) is 0. The van der Waals surface area contributed by atoms with Crippen LogP contribution in [0.4, 0.5) is 0 Å². The van der Waals surface area contributed by atoms with Crippen molar-refractivity contribution in [1.82, 2.24) is 0 Å². The van der Waals surface area contributed by atoms with Gasteiger partial charge >= 0.3 is 206 Å². The molecule has 0 radical (unpaired) electrons. The Morgan fingerprint density at radius 1 is 0.516 bits per heavy atom. The normalized spacial score (nSPS) is 12.5. The summed E-state index contributed by atoms with van der Waals surface area (Å²) < 4.78 is -3.23. The summed E-state index contributed by atoms with van der Waals surface area (Å²) in [6, 6.07) is 42.7. The number of halogens is 3. The molecular formula is C26H23Cl3GeSi. The van der Waals surface area contributed by atoms with E-state index in [1.807, 2.05) is 0 Å². The molecule has 0 heterocycles. The van der Waals surface area contributed by atoms with Gasteiger partial charge in [-0.3, -0.25) is 0 Å². The number of benzene rings is 4. The Balaban J connectivity index is 2.10. The predicted molar refractivity (Wildman–Crippen MR) is 140 cm³/mol. The van der Waals surface area contributed by atoms with Crippen molar-refractivity contribution in [2.45, 2.75) is 10.2 Å². The number of hydrogen-bond donors (Lipinski definition) is 0. The molecule has 4 rings (SSSR count). The first-order valence-electron chi connectivity index (χ1n) is 10.3. The molecule has 156 valence electrons. The molecule has 0 aliphatic rings. The third-order valence-corrected chi connectivity index (χ3v) is 21.6. The molecule has 0 spiro atoms. The fraction of sp³-hybridized carbons (Fsp3) is 0.0769. The molecule has 0 aliphatic heterocycles. The standard InChI is InChI=1S/C26H23Cl3GeSi/c27-31(28,29)30-26(23-17-9-3-10-18-23,24-19-11-4-12-20-24)25(21-13-5-1-6-14-21)22-15-7-2-8-16-22/h1-20,25H,30H2. The second-order valence-electron chi connectivity index (χ2n) is 7.75. The zero-order valence-electron chi connectivity index (χ0n) is 17.0. The predicted octanol–water partition coefficient (Wildman–Crippen LogP) is 7.08. The van der Waals surface area contributed by atoms with E-state index in [0.717, 1.165) is 0 Å². The third kappa shape index (κ3) is 5.13. The van der Waals surface area contributed by atoms with Crippen LogP contribution >= 0.6 is 33.2 Å². The molecule has 0 aromatic heterocycles. The molecule has 0 unspecified atom stereocenters. The molecule has 0 atom stereocenters. The van der Waals surface area contributed by atoms with Crippen LogP contribution < -0.4 is 0 Å². The second kappa shape index (κ2) is 9.97. The molecule has 5 heteroatoms. The van der Waals surface area contributed by atoms with E-state index in [4.69, 9.17) is 33.2 Å². The van der Waals surface area contributed by atoms with Gasteiger partial charge in [0, 0.05) is 0 Å². The molecule has 0 saturated heterocycles. The first-order chi connectivity index (χ1) is 15.0. The topological polar surface area (TPSA) is 0 Å². The van der Waals surface area contributed by atoms with Crippen molar-refractivity contribution in [3.8, 4) is 0 Å². The van der Waals surface area contributed by atoms with Gasteiger partial charge in [-0.05, 0) is 0 Å². The maximum atomic E-state index is 6.79. The molecule has 0 aliphatic carbocycles. The fourth-order valence-electron chi connectivity index (χ4n) is 4.65. The van der Waals surface area contributed by atoms with Gasteiger partial charge in [0.15, 0.2) is 0 Å². The van der Waals surface area contributed by atoms with E-state index in [9.17, 15) is 0 Å². The average Bonchev–Trinajstić information content (AvgIpc) is 2.80. The van der Waals surface area contributed by atoms with Crippen LogP contribution in [0.2, 0.25) is 0 Å². The molecule has 0 saturated carbocycles. The van der Waals surface area contributed by atoms with Gasteiger partial charge in [0.05, 0.1) is 0 Å². The van der Waals surface area contributed by atoms with Crippen molar-refractivity contribution in [3.05, 3.63) is 144 Å². The molecule has 0 amide bonds. The van der Waals surface area contributed by atoms with Crippen LogP contribution in [0, 0.1) is 0 Å². The van der Waals surface area contributed by atoms with Gasteiger partial charge in [-0.25, -0.2) is 0 Å². The average molecular weight is 543 g/mol. The van der Waals surface area contributed by atoms with E-state index in [1.54, 1.807) is 0 Å². The van der Waals surface area contributed by atoms with Gasteiger partial charge < -0.3 is 0 Å². The SMILES string of the molecule is Cl[Si](Cl)(Cl)[GeH2][C](c1ccccc1)(c1ccccc1)C(c1ccccc1)c1ccccc1. The van der Waals surface area contributed by atoms with Gasteiger partial charge in [-0.15, -0.1) is 0 Å². The Morgan fingerprint density at radius 2 is 0.839 bits per heavy atom. The van der Waals surface area contributed by atoms with Crippen LogP contribution in [0.25, 0.3) is 0 Å². The molecule has 4 aromatic rings. The summed E-state index contributed by atoms with van der Waals surface area (Å²) in [5, 5.41) is 0. The van der Waals surface area contributed by atoms with E-state index in [-0.39, 0.29) is 10.2 Å². The quantitative estimate of drug-likeness (QED) is 0.173. The summed E-state index contributed by atoms with van der Waals surface area (Å²) in [5.74, 6) is 0.0582. The Kier molecular flexibility index (Phi) is 7.30. The summed E-state index contributed by atoms with van der Waals surface area (Å²) >= 11 is 18.5. The molecule has 0 N–H and O–H groups in total. The molecular weight excluding hydrogens is 519 g/mol. The third-order valence-electron chi connectivity index (χ3n) is 5.82. The number of rotatable bonds is 7. The monoisotopic (exact) mass is 542 g/mol. The fourth-order valence-corrected chi connectivity index (χ4v) is 25.6. The zero-order valence-corrected chi connectivity index (χ0v) is 23.2. The van der Waals surface area contributed by atoms with Gasteiger partial charge in [0.25, 0.3) is 0 Å². The van der Waals surface area contributed by atoms with Gasteiger partial charge in [0.2, 0.25) is 0 Å². The first-order valence-corrected chi connectivity index (χ1v) is 21.5. The van der Waals surface area contributed by atoms with E-state index in [0.29, 0.717) is 0 Å². The van der Waals surface area contributed by atoms with Gasteiger partial charge in [-0.2, -0.15) is 0 Å². The van der Waals surface area contributed by atoms with Crippen LogP contribution in [-0.2, 0) is 4.25 Å². The van der Waals surface area contributed by atoms with Crippen molar-refractivity contribution in [1.29, 1.82) is 0 Å². The van der Waals surface area contributed by atoms with Crippen molar-refractivity contribution < 1.29 is 0 Å². The Hall–Kier alpha value is -1.49. The van der Waals surface area contributed by atoms with E-state index in [2.05, 4.69) is 121 Å². The number of hydrogen-bond acceptors (Lipinski definition) is 0. The minimum absolute atomic E-state index is 0.0582. The van der Waals surface area contributed by atoms with E-state index in [1.165, 1.54) is 22.3 Å². The van der Waals surface area contributed by atoms with Crippen molar-refractivity contribution in [2.24, 2.45) is 0 Å². The molecule has 0 nitrogen and oxygen atoms in total. The van der Waals surface area contributed by atoms with Crippen LogP contribution in [0.5, 0.6) is 0 Å². The summed E-state index contributed by atoms with van der Waals surface area (Å²) in [6.45, 7) is 0. The van der Waals surface area contributed by atoms with Crippen LogP contribution in [-0.4, -0.2) is 19.3 Å². The van der Waals surface area contributed by atoms with Gasteiger partial charge in [-0.1, -0.05) is 0 Å². The summed E-state index contributed by atoms with van der Waals surface area (Å²) in [5.41, 5.74) is 4.96. The van der Waals surface area contributed by atoms with Crippen molar-refractivity contribution in [2.75, 3.05) is 0 Å². The summed E-state index contributed by atoms with van der Waals surface area (Å²) in [4.78, 5) is 0. The van der Waals surface area contributed by atoms with E-state index < -0.39 is 19.3 Å². The molecule has 4 aromatic carbocycles. The van der Waals surface area contributed by atoms with Gasteiger partial charge in [0.1, 0.15) is 0 Å². The maximum absolute atomic E-state index is 6.79. The molecule has 0 fully saturated rings. The Morgan fingerprint density at radius 3 is 1.16 bits per heavy atom. The van der Waals surface area contributed by atoms with E-state index >= 15 is 0 Å². The first kappa shape index (κ1) is 22.7.